The Morgan fingerprint density at radius 1 is 1.12 bits per heavy atom. The van der Waals surface area contributed by atoms with Crippen LogP contribution in [0.25, 0.3) is 0 Å². The summed E-state index contributed by atoms with van der Waals surface area (Å²) < 4.78 is 28.2. The zero-order valence-electron chi connectivity index (χ0n) is 8.59. The number of nitrogens with one attached hydrogen (secondary N) is 1. The average molecular weight is 436 g/mol. The van der Waals surface area contributed by atoms with E-state index in [1.165, 1.54) is 0 Å². The lowest BCUT2D eigenvalue weighted by atomic mass is 10.3. The number of sulfonamides is 1. The van der Waals surface area contributed by atoms with Gasteiger partial charge in [0.15, 0.2) is 0 Å². The minimum atomic E-state index is -3.33. The molecule has 1 aromatic rings. The van der Waals surface area contributed by atoms with Crippen molar-refractivity contribution in [2.24, 2.45) is 0 Å². The monoisotopic (exact) mass is 433 g/mol. The highest BCUT2D eigenvalue weighted by Crippen LogP contribution is 2.35. The highest BCUT2D eigenvalue weighted by molar-refractivity contribution is 9.11. The molecule has 0 aliphatic rings. The van der Waals surface area contributed by atoms with E-state index in [1.54, 1.807) is 26.0 Å². The zero-order chi connectivity index (χ0) is 12.5. The van der Waals surface area contributed by atoms with E-state index >= 15 is 0 Å². The SMILES string of the molecule is CC(C)S(=O)(=O)Nc1c(Br)cc(Br)cc1Br. The van der Waals surface area contributed by atoms with Crippen LogP contribution >= 0.6 is 47.8 Å². The highest BCUT2D eigenvalue weighted by atomic mass is 79.9. The summed E-state index contributed by atoms with van der Waals surface area (Å²) >= 11 is 9.94. The molecule has 0 fully saturated rings. The summed E-state index contributed by atoms with van der Waals surface area (Å²) in [4.78, 5) is 0. The second-order valence-corrected chi connectivity index (χ2v) is 8.30. The molecule has 0 amide bonds. The van der Waals surface area contributed by atoms with Gasteiger partial charge in [0.25, 0.3) is 0 Å². The van der Waals surface area contributed by atoms with Crippen LogP contribution in [-0.4, -0.2) is 13.7 Å². The Kier molecular flexibility index (Phi) is 4.86. The van der Waals surface area contributed by atoms with Gasteiger partial charge >= 0.3 is 0 Å². The van der Waals surface area contributed by atoms with E-state index in [2.05, 4.69) is 52.5 Å². The lowest BCUT2D eigenvalue weighted by Gasteiger charge is -2.14. The Labute approximate surface area is 120 Å². The number of hydrogen-bond acceptors (Lipinski definition) is 2. The number of rotatable bonds is 3. The van der Waals surface area contributed by atoms with E-state index < -0.39 is 15.3 Å². The van der Waals surface area contributed by atoms with E-state index in [0.29, 0.717) is 14.6 Å². The molecule has 0 aliphatic heterocycles. The van der Waals surface area contributed by atoms with Crippen LogP contribution in [0.4, 0.5) is 5.69 Å². The maximum atomic E-state index is 11.7. The molecule has 90 valence electrons. The molecule has 1 rings (SSSR count). The molecule has 0 saturated carbocycles. The summed E-state index contributed by atoms with van der Waals surface area (Å²) in [5, 5.41) is -0.477. The lowest BCUT2D eigenvalue weighted by molar-refractivity contribution is 0.592. The van der Waals surface area contributed by atoms with Crippen molar-refractivity contribution in [3.05, 3.63) is 25.6 Å². The van der Waals surface area contributed by atoms with Gasteiger partial charge < -0.3 is 0 Å². The Morgan fingerprint density at radius 3 is 1.94 bits per heavy atom. The van der Waals surface area contributed by atoms with Gasteiger partial charge in [0.05, 0.1) is 10.9 Å². The van der Waals surface area contributed by atoms with Gasteiger partial charge in [-0.15, -0.1) is 0 Å². The quantitative estimate of drug-likeness (QED) is 0.776. The van der Waals surface area contributed by atoms with Crippen molar-refractivity contribution in [2.45, 2.75) is 19.1 Å². The van der Waals surface area contributed by atoms with Gasteiger partial charge in [-0.3, -0.25) is 4.72 Å². The van der Waals surface area contributed by atoms with E-state index in [4.69, 9.17) is 0 Å². The molecule has 0 radical (unpaired) electrons. The minimum absolute atomic E-state index is 0.477. The Balaban J connectivity index is 3.17. The lowest BCUT2D eigenvalue weighted by Crippen LogP contribution is -2.22. The van der Waals surface area contributed by atoms with Crippen molar-refractivity contribution >= 4 is 63.5 Å². The van der Waals surface area contributed by atoms with Gasteiger partial charge in [0, 0.05) is 13.4 Å². The summed E-state index contributed by atoms with van der Waals surface area (Å²) in [6, 6.07) is 3.56. The Morgan fingerprint density at radius 2 is 1.56 bits per heavy atom. The topological polar surface area (TPSA) is 46.2 Å². The Hall–Kier alpha value is 0.410. The predicted octanol–water partition coefficient (Wildman–Crippen LogP) is 4.12. The fraction of sp³-hybridized carbons (Fsp3) is 0.333. The molecule has 0 unspecified atom stereocenters. The fourth-order valence-electron chi connectivity index (χ4n) is 0.900. The second-order valence-electron chi connectivity index (χ2n) is 3.44. The summed E-state index contributed by atoms with van der Waals surface area (Å²) in [5.74, 6) is 0. The first-order chi connectivity index (χ1) is 7.24. The van der Waals surface area contributed by atoms with E-state index in [-0.39, 0.29) is 0 Å². The maximum absolute atomic E-state index is 11.7. The van der Waals surface area contributed by atoms with Crippen molar-refractivity contribution in [1.82, 2.24) is 0 Å². The van der Waals surface area contributed by atoms with Gasteiger partial charge in [0.2, 0.25) is 10.0 Å². The van der Waals surface area contributed by atoms with E-state index in [1.807, 2.05) is 0 Å². The van der Waals surface area contributed by atoms with Crippen molar-refractivity contribution < 1.29 is 8.42 Å². The van der Waals surface area contributed by atoms with E-state index in [9.17, 15) is 8.42 Å². The summed E-state index contributed by atoms with van der Waals surface area (Å²) in [7, 11) is -3.33. The first kappa shape index (κ1) is 14.5. The van der Waals surface area contributed by atoms with Crippen molar-refractivity contribution in [3.8, 4) is 0 Å². The maximum Gasteiger partial charge on any atom is 0.235 e. The van der Waals surface area contributed by atoms with Crippen LogP contribution in [0, 0.1) is 0 Å². The molecular weight excluding hydrogens is 426 g/mol. The van der Waals surface area contributed by atoms with Crippen LogP contribution in [0.5, 0.6) is 0 Å². The molecule has 0 aromatic heterocycles. The smallest absolute Gasteiger partial charge is 0.235 e. The summed E-state index contributed by atoms with van der Waals surface area (Å²) in [6.07, 6.45) is 0. The normalized spacial score (nSPS) is 11.9. The van der Waals surface area contributed by atoms with Crippen LogP contribution in [0.2, 0.25) is 0 Å². The number of hydrogen-bond donors (Lipinski definition) is 1. The molecule has 0 aliphatic carbocycles. The highest BCUT2D eigenvalue weighted by Gasteiger charge is 2.18. The summed E-state index contributed by atoms with van der Waals surface area (Å²) in [5.41, 5.74) is 0.511. The Bertz CT molecular complexity index is 476. The van der Waals surface area contributed by atoms with Gasteiger partial charge in [0.1, 0.15) is 0 Å². The third-order valence-electron chi connectivity index (χ3n) is 1.87. The van der Waals surface area contributed by atoms with Gasteiger partial charge in [-0.2, -0.15) is 0 Å². The zero-order valence-corrected chi connectivity index (χ0v) is 14.2. The average Bonchev–Trinajstić information content (AvgIpc) is 2.11. The molecule has 0 saturated heterocycles. The molecule has 0 bridgehead atoms. The van der Waals surface area contributed by atoms with Gasteiger partial charge in [-0.05, 0) is 57.8 Å². The minimum Gasteiger partial charge on any atom is -0.281 e. The van der Waals surface area contributed by atoms with Gasteiger partial charge in [-0.25, -0.2) is 8.42 Å². The number of benzene rings is 1. The molecule has 0 spiro atoms. The molecule has 1 aromatic carbocycles. The number of anilines is 1. The molecule has 0 atom stereocenters. The molecule has 3 nitrogen and oxygen atoms in total. The van der Waals surface area contributed by atoms with Crippen LogP contribution < -0.4 is 4.72 Å². The molecule has 1 N–H and O–H groups in total. The number of halogens is 3. The van der Waals surface area contributed by atoms with Crippen LogP contribution in [0.3, 0.4) is 0 Å². The molecule has 7 heteroatoms. The van der Waals surface area contributed by atoms with Gasteiger partial charge in [-0.1, -0.05) is 15.9 Å². The largest absolute Gasteiger partial charge is 0.281 e. The molecule has 16 heavy (non-hydrogen) atoms. The molecular formula is C9H10Br3NO2S. The third kappa shape index (κ3) is 3.45. The fourth-order valence-corrected chi connectivity index (χ4v) is 4.36. The third-order valence-corrected chi connectivity index (χ3v) is 5.31. The summed E-state index contributed by atoms with van der Waals surface area (Å²) in [6.45, 7) is 3.26. The standard InChI is InChI=1S/C9H10Br3NO2S/c1-5(2)16(14,15)13-9-7(11)3-6(10)4-8(9)12/h3-5,13H,1-2H3. The van der Waals surface area contributed by atoms with Crippen molar-refractivity contribution in [1.29, 1.82) is 0 Å². The predicted molar refractivity (Wildman–Crippen MR) is 77.2 cm³/mol. The second kappa shape index (κ2) is 5.37. The molecule has 0 heterocycles. The van der Waals surface area contributed by atoms with Crippen LogP contribution in [-0.2, 0) is 10.0 Å². The van der Waals surface area contributed by atoms with Crippen molar-refractivity contribution in [3.63, 3.8) is 0 Å². The first-order valence-corrected chi connectivity index (χ1v) is 8.32. The van der Waals surface area contributed by atoms with Crippen LogP contribution in [0.15, 0.2) is 25.6 Å². The van der Waals surface area contributed by atoms with Crippen LogP contribution in [0.1, 0.15) is 13.8 Å². The van der Waals surface area contributed by atoms with E-state index in [0.717, 1.165) is 4.47 Å². The van der Waals surface area contributed by atoms with Crippen molar-refractivity contribution in [2.75, 3.05) is 4.72 Å². The first-order valence-electron chi connectivity index (χ1n) is 4.40.